The van der Waals surface area contributed by atoms with Gasteiger partial charge in [0.15, 0.2) is 0 Å². The fraction of sp³-hybridized carbons (Fsp3) is 1.00. The summed E-state index contributed by atoms with van der Waals surface area (Å²) in [7, 11) is -3.30. The van der Waals surface area contributed by atoms with Gasteiger partial charge in [0.1, 0.15) is 0 Å². The zero-order chi connectivity index (χ0) is 10.7. The molecule has 0 aromatic carbocycles. The Hall–Kier alpha value is -0.170. The summed E-state index contributed by atoms with van der Waals surface area (Å²) in [6.07, 6.45) is 2.13. The van der Waals surface area contributed by atoms with Gasteiger partial charge in [-0.15, -0.1) is 0 Å². The average molecular weight is 221 g/mol. The largest absolute Gasteiger partial charge is 0.310 e. The van der Waals surface area contributed by atoms with Crippen molar-refractivity contribution in [1.82, 2.24) is 14.8 Å². The molecule has 0 aromatic rings. The van der Waals surface area contributed by atoms with E-state index < -0.39 is 10.2 Å². The minimum atomic E-state index is -3.30. The van der Waals surface area contributed by atoms with Crippen LogP contribution in [0.5, 0.6) is 0 Å². The fourth-order valence-corrected chi connectivity index (χ4v) is 2.59. The normalized spacial score (nSPS) is 28.1. The second-order valence-corrected chi connectivity index (χ2v) is 5.50. The lowest BCUT2D eigenvalue weighted by Crippen LogP contribution is -2.49. The van der Waals surface area contributed by atoms with E-state index in [-0.39, 0.29) is 5.54 Å². The Kier molecular flexibility index (Phi) is 3.88. The Morgan fingerprint density at radius 1 is 1.43 bits per heavy atom. The first-order chi connectivity index (χ1) is 6.47. The highest BCUT2D eigenvalue weighted by Gasteiger charge is 2.28. The molecule has 0 bridgehead atoms. The van der Waals surface area contributed by atoms with Crippen LogP contribution in [0.25, 0.3) is 0 Å². The number of rotatable bonds is 5. The van der Waals surface area contributed by atoms with Crippen molar-refractivity contribution in [3.63, 3.8) is 0 Å². The van der Waals surface area contributed by atoms with Crippen LogP contribution in [-0.2, 0) is 10.2 Å². The van der Waals surface area contributed by atoms with Crippen molar-refractivity contribution in [2.45, 2.75) is 32.2 Å². The maximum absolute atomic E-state index is 11.3. The molecule has 1 aliphatic heterocycles. The molecule has 0 radical (unpaired) electrons. The summed E-state index contributed by atoms with van der Waals surface area (Å²) in [5.41, 5.74) is -0.0809. The second kappa shape index (κ2) is 4.57. The molecule has 0 aromatic heterocycles. The van der Waals surface area contributed by atoms with Crippen molar-refractivity contribution >= 4 is 10.2 Å². The first-order valence-electron chi connectivity index (χ1n) is 4.97. The average Bonchev–Trinajstić information content (AvgIpc) is 2.50. The molecule has 6 heteroatoms. The van der Waals surface area contributed by atoms with Crippen LogP contribution in [-0.4, -0.2) is 33.6 Å². The van der Waals surface area contributed by atoms with E-state index in [1.165, 1.54) is 0 Å². The van der Waals surface area contributed by atoms with Crippen LogP contribution in [0.2, 0.25) is 0 Å². The van der Waals surface area contributed by atoms with Gasteiger partial charge in [-0.3, -0.25) is 0 Å². The Labute approximate surface area is 85.8 Å². The van der Waals surface area contributed by atoms with E-state index in [9.17, 15) is 8.42 Å². The third-order valence-corrected chi connectivity index (χ3v) is 3.64. The van der Waals surface area contributed by atoms with E-state index in [2.05, 4.69) is 14.8 Å². The van der Waals surface area contributed by atoms with Crippen molar-refractivity contribution in [2.75, 3.05) is 19.6 Å². The number of nitrogens with one attached hydrogen (secondary N) is 3. The van der Waals surface area contributed by atoms with E-state index in [4.69, 9.17) is 0 Å². The van der Waals surface area contributed by atoms with Crippen LogP contribution in [0, 0.1) is 0 Å². The summed E-state index contributed by atoms with van der Waals surface area (Å²) in [6, 6.07) is 0. The summed E-state index contributed by atoms with van der Waals surface area (Å²) >= 11 is 0. The molecule has 0 saturated carbocycles. The van der Waals surface area contributed by atoms with Crippen LogP contribution in [0.3, 0.4) is 0 Å². The molecule has 1 atom stereocenters. The summed E-state index contributed by atoms with van der Waals surface area (Å²) < 4.78 is 27.5. The van der Waals surface area contributed by atoms with Crippen LogP contribution >= 0.6 is 0 Å². The molecule has 1 fully saturated rings. The van der Waals surface area contributed by atoms with Gasteiger partial charge in [-0.2, -0.15) is 8.42 Å². The topological polar surface area (TPSA) is 70.2 Å². The molecule has 0 spiro atoms. The maximum atomic E-state index is 11.3. The molecule has 1 heterocycles. The minimum Gasteiger partial charge on any atom is -0.310 e. The smallest absolute Gasteiger partial charge is 0.276 e. The minimum absolute atomic E-state index is 0.0809. The zero-order valence-electron chi connectivity index (χ0n) is 8.76. The van der Waals surface area contributed by atoms with E-state index in [1.807, 2.05) is 6.92 Å². The summed E-state index contributed by atoms with van der Waals surface area (Å²) in [5.74, 6) is 0. The van der Waals surface area contributed by atoms with Gasteiger partial charge in [0.2, 0.25) is 0 Å². The van der Waals surface area contributed by atoms with E-state index in [0.29, 0.717) is 13.1 Å². The van der Waals surface area contributed by atoms with Crippen molar-refractivity contribution in [1.29, 1.82) is 0 Å². The lowest BCUT2D eigenvalue weighted by molar-refractivity contribution is 0.408. The molecule has 0 aliphatic carbocycles. The Bertz CT molecular complexity index is 270. The highest BCUT2D eigenvalue weighted by Crippen LogP contribution is 2.17. The third kappa shape index (κ3) is 3.53. The summed E-state index contributed by atoms with van der Waals surface area (Å²) in [6.45, 7) is 5.63. The van der Waals surface area contributed by atoms with Gasteiger partial charge in [0.05, 0.1) is 0 Å². The van der Waals surface area contributed by atoms with Gasteiger partial charge in [-0.1, -0.05) is 6.92 Å². The molecule has 5 nitrogen and oxygen atoms in total. The first kappa shape index (κ1) is 11.9. The van der Waals surface area contributed by atoms with Crippen molar-refractivity contribution in [2.24, 2.45) is 0 Å². The van der Waals surface area contributed by atoms with Gasteiger partial charge in [-0.05, 0) is 26.3 Å². The highest BCUT2D eigenvalue weighted by molar-refractivity contribution is 7.87. The standard InChI is InChI=1S/C8H19N3O2S/c1-3-10-14(12,13)11-7-8(2)5-4-6-9-8/h9-11H,3-7H2,1-2H3. The molecule has 3 N–H and O–H groups in total. The summed E-state index contributed by atoms with van der Waals surface area (Å²) in [5, 5.41) is 3.29. The third-order valence-electron chi connectivity index (χ3n) is 2.44. The lowest BCUT2D eigenvalue weighted by atomic mass is 10.0. The maximum Gasteiger partial charge on any atom is 0.276 e. The van der Waals surface area contributed by atoms with Gasteiger partial charge in [-0.25, -0.2) is 9.44 Å². The van der Waals surface area contributed by atoms with Gasteiger partial charge in [0, 0.05) is 18.6 Å². The molecule has 0 amide bonds. The molecule has 1 saturated heterocycles. The van der Waals surface area contributed by atoms with E-state index in [1.54, 1.807) is 6.92 Å². The van der Waals surface area contributed by atoms with Crippen LogP contribution in [0.1, 0.15) is 26.7 Å². The molecular formula is C8H19N3O2S. The second-order valence-electron chi connectivity index (χ2n) is 3.91. The Morgan fingerprint density at radius 3 is 2.64 bits per heavy atom. The van der Waals surface area contributed by atoms with Gasteiger partial charge in [0.25, 0.3) is 10.2 Å². The molecular weight excluding hydrogens is 202 g/mol. The Morgan fingerprint density at radius 2 is 2.14 bits per heavy atom. The molecule has 14 heavy (non-hydrogen) atoms. The molecule has 84 valence electrons. The Balaban J connectivity index is 2.39. The van der Waals surface area contributed by atoms with E-state index in [0.717, 1.165) is 19.4 Å². The van der Waals surface area contributed by atoms with Crippen LogP contribution < -0.4 is 14.8 Å². The monoisotopic (exact) mass is 221 g/mol. The number of hydrogen-bond acceptors (Lipinski definition) is 3. The molecule has 1 rings (SSSR count). The van der Waals surface area contributed by atoms with Gasteiger partial charge >= 0.3 is 0 Å². The lowest BCUT2D eigenvalue weighted by Gasteiger charge is -2.24. The number of hydrogen-bond donors (Lipinski definition) is 3. The molecule has 1 unspecified atom stereocenters. The SMILES string of the molecule is CCNS(=O)(=O)NCC1(C)CCCN1. The van der Waals surface area contributed by atoms with Crippen molar-refractivity contribution < 1.29 is 8.42 Å². The van der Waals surface area contributed by atoms with Crippen molar-refractivity contribution in [3.05, 3.63) is 0 Å². The van der Waals surface area contributed by atoms with Crippen LogP contribution in [0.15, 0.2) is 0 Å². The summed E-state index contributed by atoms with van der Waals surface area (Å²) in [4.78, 5) is 0. The van der Waals surface area contributed by atoms with Gasteiger partial charge < -0.3 is 5.32 Å². The first-order valence-corrected chi connectivity index (χ1v) is 6.45. The fourth-order valence-electron chi connectivity index (χ4n) is 1.60. The van der Waals surface area contributed by atoms with Crippen LogP contribution in [0.4, 0.5) is 0 Å². The zero-order valence-corrected chi connectivity index (χ0v) is 9.58. The quantitative estimate of drug-likeness (QED) is 0.590. The van der Waals surface area contributed by atoms with Crippen molar-refractivity contribution in [3.8, 4) is 0 Å². The molecule has 1 aliphatic rings. The predicted molar refractivity (Wildman–Crippen MR) is 56.2 cm³/mol. The predicted octanol–water partition coefficient (Wildman–Crippen LogP) is -0.428. The van der Waals surface area contributed by atoms with E-state index >= 15 is 0 Å². The highest BCUT2D eigenvalue weighted by atomic mass is 32.2.